The second-order valence-corrected chi connectivity index (χ2v) is 7.92. The summed E-state index contributed by atoms with van der Waals surface area (Å²) in [6, 6.07) is 11.2. The van der Waals surface area contributed by atoms with E-state index in [0.29, 0.717) is 31.4 Å². The molecule has 0 aliphatic rings. The van der Waals surface area contributed by atoms with Crippen molar-refractivity contribution in [3.63, 3.8) is 0 Å². The molecule has 0 aliphatic carbocycles. The number of aliphatic carboxylic acids is 1. The SMILES string of the molecule is Cc1ccc(-c2nc(Nc3cc(Cl)cc(Cl)c3)sc2CC(=O)O)c(C)c1. The minimum atomic E-state index is -0.892. The number of carboxylic acid groups (broad SMARTS) is 1. The van der Waals surface area contributed by atoms with Crippen LogP contribution in [-0.4, -0.2) is 16.1 Å². The van der Waals surface area contributed by atoms with E-state index in [2.05, 4.69) is 16.4 Å². The van der Waals surface area contributed by atoms with Gasteiger partial charge in [0.25, 0.3) is 0 Å². The Hall–Kier alpha value is -2.08. The molecule has 7 heteroatoms. The summed E-state index contributed by atoms with van der Waals surface area (Å²) in [5.74, 6) is -0.892. The number of rotatable bonds is 5. The highest BCUT2D eigenvalue weighted by atomic mass is 35.5. The predicted octanol–water partition coefficient (Wildman–Crippen LogP) is 6.10. The van der Waals surface area contributed by atoms with Gasteiger partial charge in [0.1, 0.15) is 0 Å². The first-order chi connectivity index (χ1) is 12.3. The number of anilines is 2. The Bertz CT molecular complexity index is 965. The van der Waals surface area contributed by atoms with Crippen molar-refractivity contribution in [2.75, 3.05) is 5.32 Å². The Balaban J connectivity index is 2.02. The number of carbonyl (C=O) groups is 1. The number of aryl methyl sites for hydroxylation is 2. The molecule has 1 aromatic heterocycles. The molecule has 0 saturated carbocycles. The van der Waals surface area contributed by atoms with Gasteiger partial charge in [-0.25, -0.2) is 4.98 Å². The molecule has 0 amide bonds. The topological polar surface area (TPSA) is 62.2 Å². The van der Waals surface area contributed by atoms with Crippen LogP contribution in [0.25, 0.3) is 11.3 Å². The molecule has 26 heavy (non-hydrogen) atoms. The summed E-state index contributed by atoms with van der Waals surface area (Å²) in [6.07, 6.45) is -0.0850. The molecule has 0 aliphatic heterocycles. The summed E-state index contributed by atoms with van der Waals surface area (Å²) in [4.78, 5) is 16.6. The number of nitrogens with one attached hydrogen (secondary N) is 1. The van der Waals surface area contributed by atoms with Gasteiger partial charge in [0.05, 0.1) is 12.1 Å². The molecular formula is C19H16Cl2N2O2S. The van der Waals surface area contributed by atoms with Crippen LogP contribution in [0.5, 0.6) is 0 Å². The fraction of sp³-hybridized carbons (Fsp3) is 0.158. The maximum atomic E-state index is 11.3. The second-order valence-electron chi connectivity index (χ2n) is 5.96. The molecular weight excluding hydrogens is 391 g/mol. The van der Waals surface area contributed by atoms with Crippen molar-refractivity contribution in [2.24, 2.45) is 0 Å². The van der Waals surface area contributed by atoms with Crippen LogP contribution in [0.4, 0.5) is 10.8 Å². The quantitative estimate of drug-likeness (QED) is 0.536. The van der Waals surface area contributed by atoms with Gasteiger partial charge in [0.15, 0.2) is 5.13 Å². The molecule has 0 atom stereocenters. The van der Waals surface area contributed by atoms with Gasteiger partial charge in [-0.15, -0.1) is 11.3 Å². The lowest BCUT2D eigenvalue weighted by Gasteiger charge is -2.06. The average molecular weight is 407 g/mol. The number of thiazole rings is 1. The molecule has 3 aromatic rings. The van der Waals surface area contributed by atoms with E-state index < -0.39 is 5.97 Å². The molecule has 0 bridgehead atoms. The lowest BCUT2D eigenvalue weighted by atomic mass is 10.0. The molecule has 3 rings (SSSR count). The number of carboxylic acids is 1. The van der Waals surface area contributed by atoms with E-state index >= 15 is 0 Å². The zero-order chi connectivity index (χ0) is 18.8. The van der Waals surface area contributed by atoms with Crippen LogP contribution in [0, 0.1) is 13.8 Å². The number of benzene rings is 2. The number of halogens is 2. The van der Waals surface area contributed by atoms with Crippen LogP contribution < -0.4 is 5.32 Å². The Kier molecular flexibility index (Phi) is 5.51. The molecule has 0 spiro atoms. The zero-order valence-corrected chi connectivity index (χ0v) is 16.5. The highest BCUT2D eigenvalue weighted by molar-refractivity contribution is 7.16. The smallest absolute Gasteiger partial charge is 0.308 e. The number of hydrogen-bond acceptors (Lipinski definition) is 4. The van der Waals surface area contributed by atoms with E-state index in [1.54, 1.807) is 18.2 Å². The maximum Gasteiger partial charge on any atom is 0.308 e. The van der Waals surface area contributed by atoms with Gasteiger partial charge in [0.2, 0.25) is 0 Å². The lowest BCUT2D eigenvalue weighted by Crippen LogP contribution is -2.00. The van der Waals surface area contributed by atoms with Crippen LogP contribution in [0.3, 0.4) is 0 Å². The molecule has 0 fully saturated rings. The van der Waals surface area contributed by atoms with E-state index in [-0.39, 0.29) is 6.42 Å². The van der Waals surface area contributed by atoms with E-state index in [1.807, 2.05) is 26.0 Å². The third kappa shape index (κ3) is 4.36. The maximum absolute atomic E-state index is 11.3. The summed E-state index contributed by atoms with van der Waals surface area (Å²) < 4.78 is 0. The Morgan fingerprint density at radius 1 is 1.15 bits per heavy atom. The molecule has 134 valence electrons. The first-order valence-corrected chi connectivity index (χ1v) is 9.41. The summed E-state index contributed by atoms with van der Waals surface area (Å²) in [5.41, 5.74) is 4.52. The van der Waals surface area contributed by atoms with Gasteiger partial charge < -0.3 is 10.4 Å². The van der Waals surface area contributed by atoms with Gasteiger partial charge in [0, 0.05) is 26.2 Å². The van der Waals surface area contributed by atoms with E-state index in [0.717, 1.165) is 16.7 Å². The van der Waals surface area contributed by atoms with Crippen LogP contribution in [0.1, 0.15) is 16.0 Å². The van der Waals surface area contributed by atoms with Crippen molar-refractivity contribution < 1.29 is 9.90 Å². The van der Waals surface area contributed by atoms with Crippen LogP contribution in [-0.2, 0) is 11.2 Å². The fourth-order valence-corrected chi connectivity index (χ4v) is 4.21. The van der Waals surface area contributed by atoms with Crippen molar-refractivity contribution in [2.45, 2.75) is 20.3 Å². The third-order valence-electron chi connectivity index (χ3n) is 3.76. The van der Waals surface area contributed by atoms with E-state index in [1.165, 1.54) is 11.3 Å². The summed E-state index contributed by atoms with van der Waals surface area (Å²) >= 11 is 13.4. The first kappa shape index (κ1) is 18.7. The largest absolute Gasteiger partial charge is 0.481 e. The summed E-state index contributed by atoms with van der Waals surface area (Å²) in [5, 5.41) is 14.0. The first-order valence-electron chi connectivity index (χ1n) is 7.84. The van der Waals surface area contributed by atoms with Gasteiger partial charge in [-0.3, -0.25) is 4.79 Å². The Morgan fingerprint density at radius 2 is 1.85 bits per heavy atom. The van der Waals surface area contributed by atoms with Gasteiger partial charge >= 0.3 is 5.97 Å². The highest BCUT2D eigenvalue weighted by Gasteiger charge is 2.17. The molecule has 2 N–H and O–H groups in total. The molecule has 0 saturated heterocycles. The molecule has 0 radical (unpaired) electrons. The Morgan fingerprint density at radius 3 is 2.46 bits per heavy atom. The fourth-order valence-electron chi connectivity index (χ4n) is 2.70. The van der Waals surface area contributed by atoms with Crippen LogP contribution >= 0.6 is 34.5 Å². The lowest BCUT2D eigenvalue weighted by molar-refractivity contribution is -0.136. The van der Waals surface area contributed by atoms with Crippen molar-refractivity contribution in [1.29, 1.82) is 0 Å². The van der Waals surface area contributed by atoms with Crippen molar-refractivity contribution >= 4 is 51.3 Å². The van der Waals surface area contributed by atoms with Gasteiger partial charge in [-0.1, -0.05) is 47.0 Å². The summed E-state index contributed by atoms with van der Waals surface area (Å²) in [6.45, 7) is 4.02. The minimum absolute atomic E-state index is 0.0850. The van der Waals surface area contributed by atoms with Gasteiger partial charge in [-0.2, -0.15) is 0 Å². The van der Waals surface area contributed by atoms with Crippen LogP contribution in [0.15, 0.2) is 36.4 Å². The highest BCUT2D eigenvalue weighted by Crippen LogP contribution is 2.35. The summed E-state index contributed by atoms with van der Waals surface area (Å²) in [7, 11) is 0. The van der Waals surface area contributed by atoms with E-state index in [9.17, 15) is 9.90 Å². The van der Waals surface area contributed by atoms with Crippen molar-refractivity contribution in [3.05, 3.63) is 62.4 Å². The Labute approximate surface area is 165 Å². The van der Waals surface area contributed by atoms with Crippen LogP contribution in [0.2, 0.25) is 10.0 Å². The molecule has 4 nitrogen and oxygen atoms in total. The van der Waals surface area contributed by atoms with Gasteiger partial charge in [-0.05, 0) is 37.6 Å². The van der Waals surface area contributed by atoms with Crippen molar-refractivity contribution in [1.82, 2.24) is 4.98 Å². The molecule has 0 unspecified atom stereocenters. The van der Waals surface area contributed by atoms with E-state index in [4.69, 9.17) is 23.2 Å². The predicted molar refractivity (Wildman–Crippen MR) is 108 cm³/mol. The number of nitrogens with zero attached hydrogens (tertiary/aromatic N) is 1. The number of aromatic nitrogens is 1. The molecule has 2 aromatic carbocycles. The minimum Gasteiger partial charge on any atom is -0.481 e. The zero-order valence-electron chi connectivity index (χ0n) is 14.1. The second kappa shape index (κ2) is 7.66. The molecule has 1 heterocycles. The normalized spacial score (nSPS) is 10.8. The standard InChI is InChI=1S/C19H16Cl2N2O2S/c1-10-3-4-15(11(2)5-10)18-16(9-17(24)25)26-19(23-18)22-14-7-12(20)6-13(21)8-14/h3-8H,9H2,1-2H3,(H,22,23)(H,24,25). The third-order valence-corrected chi connectivity index (χ3v) is 5.17. The monoisotopic (exact) mass is 406 g/mol. The number of hydrogen-bond donors (Lipinski definition) is 2. The average Bonchev–Trinajstić information content (AvgIpc) is 2.87. The van der Waals surface area contributed by atoms with Crippen molar-refractivity contribution in [3.8, 4) is 11.3 Å².